The molecule has 1 atom stereocenters. The van der Waals surface area contributed by atoms with Crippen molar-refractivity contribution in [1.29, 1.82) is 0 Å². The molecular formula is C20H23N3O. The third-order valence-corrected chi connectivity index (χ3v) is 6.62. The Morgan fingerprint density at radius 3 is 2.50 bits per heavy atom. The summed E-state index contributed by atoms with van der Waals surface area (Å²) < 4.78 is 1.98. The maximum absolute atomic E-state index is 13.5. The molecule has 1 aliphatic heterocycles. The summed E-state index contributed by atoms with van der Waals surface area (Å²) in [4.78, 5) is 15.5. The van der Waals surface area contributed by atoms with Gasteiger partial charge in [-0.1, -0.05) is 43.2 Å². The second-order valence-electron chi connectivity index (χ2n) is 7.79. The predicted octanol–water partition coefficient (Wildman–Crippen LogP) is 3.17. The zero-order valence-corrected chi connectivity index (χ0v) is 13.9. The molecule has 2 aliphatic carbocycles. The highest BCUT2D eigenvalue weighted by Crippen LogP contribution is 2.72. The lowest BCUT2D eigenvalue weighted by Crippen LogP contribution is -2.55. The Balaban J connectivity index is 1.41. The fraction of sp³-hybridized carbons (Fsp3) is 0.500. The highest BCUT2D eigenvalue weighted by Gasteiger charge is 2.73. The normalized spacial score (nSPS) is 28.1. The lowest BCUT2D eigenvalue weighted by atomic mass is 9.82. The molecule has 3 fully saturated rings. The number of amides is 1. The van der Waals surface area contributed by atoms with Crippen LogP contribution in [0.25, 0.3) is 0 Å². The van der Waals surface area contributed by atoms with Gasteiger partial charge in [-0.3, -0.25) is 9.48 Å². The Kier molecular flexibility index (Phi) is 2.94. The van der Waals surface area contributed by atoms with E-state index in [2.05, 4.69) is 34.3 Å². The van der Waals surface area contributed by atoms with Crippen molar-refractivity contribution in [2.24, 2.45) is 5.41 Å². The largest absolute Gasteiger partial charge is 0.337 e. The third-order valence-electron chi connectivity index (χ3n) is 6.62. The number of hydrogen-bond donors (Lipinski definition) is 0. The molecule has 1 saturated heterocycles. The van der Waals surface area contributed by atoms with E-state index in [9.17, 15) is 4.79 Å². The van der Waals surface area contributed by atoms with Gasteiger partial charge in [0.1, 0.15) is 0 Å². The fourth-order valence-corrected chi connectivity index (χ4v) is 5.23. The monoisotopic (exact) mass is 321 g/mol. The lowest BCUT2D eigenvalue weighted by molar-refractivity contribution is -0.141. The van der Waals surface area contributed by atoms with Gasteiger partial charge in [-0.25, -0.2) is 0 Å². The van der Waals surface area contributed by atoms with Gasteiger partial charge in [-0.2, -0.15) is 5.10 Å². The van der Waals surface area contributed by atoms with E-state index in [4.69, 9.17) is 0 Å². The van der Waals surface area contributed by atoms with Crippen LogP contribution in [0.2, 0.25) is 0 Å². The molecule has 2 aromatic rings. The van der Waals surface area contributed by atoms with Crippen LogP contribution in [0.3, 0.4) is 0 Å². The fourth-order valence-electron chi connectivity index (χ4n) is 5.23. The van der Waals surface area contributed by atoms with Crippen molar-refractivity contribution in [2.45, 2.75) is 43.6 Å². The molecule has 124 valence electrons. The van der Waals surface area contributed by atoms with E-state index in [1.54, 1.807) is 0 Å². The first-order chi connectivity index (χ1) is 11.8. The van der Waals surface area contributed by atoms with Crippen LogP contribution in [0, 0.1) is 5.41 Å². The van der Waals surface area contributed by atoms with E-state index in [-0.39, 0.29) is 10.8 Å². The Morgan fingerprint density at radius 2 is 1.83 bits per heavy atom. The van der Waals surface area contributed by atoms with E-state index in [1.807, 2.05) is 29.2 Å². The minimum Gasteiger partial charge on any atom is -0.337 e. The molecule has 2 heterocycles. The number of likely N-dealkylation sites (tertiary alicyclic amines) is 1. The first-order valence-corrected chi connectivity index (χ1v) is 9.09. The van der Waals surface area contributed by atoms with Crippen LogP contribution >= 0.6 is 0 Å². The third kappa shape index (κ3) is 1.80. The average molecular weight is 321 g/mol. The molecule has 4 nitrogen and oxygen atoms in total. The van der Waals surface area contributed by atoms with Gasteiger partial charge in [0.25, 0.3) is 0 Å². The SMILES string of the molecule is O=C(N1CC(n2cccn2)C1)C1(c2ccccc2)CC12CCCC2. The number of hydrogen-bond acceptors (Lipinski definition) is 2. The average Bonchev–Trinajstić information content (AvgIpc) is 2.93. The summed E-state index contributed by atoms with van der Waals surface area (Å²) in [6.45, 7) is 1.59. The number of benzene rings is 1. The van der Waals surface area contributed by atoms with Crippen LogP contribution in [0.4, 0.5) is 0 Å². The molecule has 24 heavy (non-hydrogen) atoms. The van der Waals surface area contributed by atoms with Crippen molar-refractivity contribution in [3.8, 4) is 0 Å². The van der Waals surface area contributed by atoms with Crippen molar-refractivity contribution in [2.75, 3.05) is 13.1 Å². The van der Waals surface area contributed by atoms with Gasteiger partial charge in [0.2, 0.25) is 5.91 Å². The van der Waals surface area contributed by atoms with Crippen LogP contribution < -0.4 is 0 Å². The smallest absolute Gasteiger partial charge is 0.233 e. The van der Waals surface area contributed by atoms with Gasteiger partial charge < -0.3 is 4.90 Å². The summed E-state index contributed by atoms with van der Waals surface area (Å²) in [6.07, 6.45) is 9.83. The van der Waals surface area contributed by atoms with Crippen molar-refractivity contribution in [3.05, 3.63) is 54.4 Å². The molecule has 2 saturated carbocycles. The molecule has 1 aromatic heterocycles. The van der Waals surface area contributed by atoms with Gasteiger partial charge in [0.05, 0.1) is 11.5 Å². The van der Waals surface area contributed by atoms with Gasteiger partial charge in [0.15, 0.2) is 0 Å². The molecule has 0 N–H and O–H groups in total. The van der Waals surface area contributed by atoms with Gasteiger partial charge in [0, 0.05) is 25.5 Å². The van der Waals surface area contributed by atoms with E-state index < -0.39 is 0 Å². The van der Waals surface area contributed by atoms with Gasteiger partial charge in [-0.05, 0) is 36.3 Å². The van der Waals surface area contributed by atoms with Crippen LogP contribution in [0.5, 0.6) is 0 Å². The number of aromatic nitrogens is 2. The maximum atomic E-state index is 13.5. The second kappa shape index (κ2) is 4.95. The molecule has 0 radical (unpaired) electrons. The van der Waals surface area contributed by atoms with E-state index >= 15 is 0 Å². The molecule has 5 rings (SSSR count). The number of carbonyl (C=O) groups excluding carboxylic acids is 1. The molecule has 3 aliphatic rings. The Bertz CT molecular complexity index is 742. The van der Waals surface area contributed by atoms with E-state index in [1.165, 1.54) is 31.2 Å². The first-order valence-electron chi connectivity index (χ1n) is 9.09. The summed E-state index contributed by atoms with van der Waals surface area (Å²) in [7, 11) is 0. The zero-order valence-electron chi connectivity index (χ0n) is 13.9. The van der Waals surface area contributed by atoms with Gasteiger partial charge in [-0.15, -0.1) is 0 Å². The maximum Gasteiger partial charge on any atom is 0.233 e. The lowest BCUT2D eigenvalue weighted by Gasteiger charge is -2.42. The Morgan fingerprint density at radius 1 is 1.08 bits per heavy atom. The summed E-state index contributed by atoms with van der Waals surface area (Å²) in [5, 5.41) is 4.32. The number of nitrogens with zero attached hydrogens (tertiary/aromatic N) is 3. The Labute approximate surface area is 142 Å². The van der Waals surface area contributed by atoms with E-state index in [0.29, 0.717) is 11.9 Å². The highest BCUT2D eigenvalue weighted by molar-refractivity contribution is 5.94. The molecular weight excluding hydrogens is 298 g/mol. The van der Waals surface area contributed by atoms with Crippen LogP contribution in [-0.2, 0) is 10.2 Å². The van der Waals surface area contributed by atoms with Crippen LogP contribution in [0.1, 0.15) is 43.7 Å². The molecule has 1 unspecified atom stereocenters. The summed E-state index contributed by atoms with van der Waals surface area (Å²) in [5.74, 6) is 0.360. The predicted molar refractivity (Wildman–Crippen MR) is 91.5 cm³/mol. The highest BCUT2D eigenvalue weighted by atomic mass is 16.2. The first kappa shape index (κ1) is 14.3. The van der Waals surface area contributed by atoms with Crippen molar-refractivity contribution in [1.82, 2.24) is 14.7 Å². The van der Waals surface area contributed by atoms with Crippen LogP contribution in [-0.4, -0.2) is 33.7 Å². The van der Waals surface area contributed by atoms with Crippen molar-refractivity contribution >= 4 is 5.91 Å². The standard InChI is InChI=1S/C20H23N3O/c24-18(22-13-17(14-22)23-12-6-11-21-23)20(16-7-2-1-3-8-16)15-19(20)9-4-5-10-19/h1-3,6-8,11-12,17H,4-5,9-10,13-15H2. The summed E-state index contributed by atoms with van der Waals surface area (Å²) in [6, 6.07) is 12.8. The summed E-state index contributed by atoms with van der Waals surface area (Å²) >= 11 is 0. The molecule has 0 bridgehead atoms. The second-order valence-corrected chi connectivity index (χ2v) is 7.79. The van der Waals surface area contributed by atoms with Crippen LogP contribution in [0.15, 0.2) is 48.8 Å². The topological polar surface area (TPSA) is 38.1 Å². The number of rotatable bonds is 3. The quantitative estimate of drug-likeness (QED) is 0.871. The van der Waals surface area contributed by atoms with Gasteiger partial charge >= 0.3 is 0 Å². The zero-order chi connectivity index (χ0) is 16.2. The molecule has 4 heteroatoms. The summed E-state index contributed by atoms with van der Waals surface area (Å²) in [5.41, 5.74) is 1.22. The van der Waals surface area contributed by atoms with Crippen molar-refractivity contribution < 1.29 is 4.79 Å². The minimum atomic E-state index is -0.250. The van der Waals surface area contributed by atoms with E-state index in [0.717, 1.165) is 19.5 Å². The Hall–Kier alpha value is -2.10. The molecule has 1 spiro atoms. The minimum absolute atomic E-state index is 0.238. The molecule has 1 amide bonds. The molecule has 1 aromatic carbocycles. The van der Waals surface area contributed by atoms with Crippen molar-refractivity contribution in [3.63, 3.8) is 0 Å². The number of carbonyl (C=O) groups is 1.